The zero-order valence-corrected chi connectivity index (χ0v) is 14.3. The van der Waals surface area contributed by atoms with Crippen LogP contribution in [0, 0.1) is 11.6 Å². The van der Waals surface area contributed by atoms with Gasteiger partial charge in [0.05, 0.1) is 28.6 Å². The Kier molecular flexibility index (Phi) is 4.22. The third-order valence-electron chi connectivity index (χ3n) is 4.26. The number of rotatable bonds is 4. The molecule has 2 heterocycles. The van der Waals surface area contributed by atoms with Gasteiger partial charge in [0.2, 0.25) is 10.0 Å². The molecule has 1 aliphatic heterocycles. The lowest BCUT2D eigenvalue weighted by Gasteiger charge is -2.26. The zero-order valence-electron chi connectivity index (χ0n) is 13.5. The molecule has 6 nitrogen and oxygen atoms in total. The van der Waals surface area contributed by atoms with Gasteiger partial charge in [0.1, 0.15) is 24.1 Å². The van der Waals surface area contributed by atoms with Crippen molar-refractivity contribution in [2.24, 2.45) is 0 Å². The minimum Gasteiger partial charge on any atom is -0.371 e. The lowest BCUT2D eigenvalue weighted by atomic mass is 10.2. The second-order valence-corrected chi connectivity index (χ2v) is 7.77. The van der Waals surface area contributed by atoms with Crippen LogP contribution in [-0.4, -0.2) is 31.1 Å². The first kappa shape index (κ1) is 17.1. The average molecular weight is 379 g/mol. The fourth-order valence-electron chi connectivity index (χ4n) is 3.05. The summed E-state index contributed by atoms with van der Waals surface area (Å²) in [6.45, 7) is 0.634. The van der Waals surface area contributed by atoms with Crippen LogP contribution < -0.4 is 4.72 Å². The molecule has 0 aliphatic carbocycles. The summed E-state index contributed by atoms with van der Waals surface area (Å²) in [4.78, 5) is 4.34. The molecule has 1 atom stereocenters. The quantitative estimate of drug-likeness (QED) is 0.755. The Labute approximate surface area is 148 Å². The van der Waals surface area contributed by atoms with Gasteiger partial charge in [0, 0.05) is 12.6 Å². The summed E-state index contributed by atoms with van der Waals surface area (Å²) in [5, 5.41) is 0. The maximum Gasteiger partial charge on any atom is 0.240 e. The van der Waals surface area contributed by atoms with Crippen LogP contribution in [0.1, 0.15) is 11.9 Å². The number of fused-ring (bicyclic) bond motifs is 3. The molecule has 0 bridgehead atoms. The third kappa shape index (κ3) is 3.09. The molecule has 1 aromatic heterocycles. The average Bonchev–Trinajstić information content (AvgIpc) is 2.98. The van der Waals surface area contributed by atoms with Crippen LogP contribution in [-0.2, 0) is 21.4 Å². The van der Waals surface area contributed by atoms with E-state index in [1.165, 1.54) is 24.3 Å². The van der Waals surface area contributed by atoms with Crippen molar-refractivity contribution in [1.29, 1.82) is 0 Å². The number of imidazole rings is 1. The monoisotopic (exact) mass is 379 g/mol. The molecule has 3 aromatic rings. The molecule has 0 fully saturated rings. The fraction of sp³-hybridized carbons (Fsp3) is 0.235. The van der Waals surface area contributed by atoms with Gasteiger partial charge in [-0.3, -0.25) is 0 Å². The van der Waals surface area contributed by atoms with Crippen molar-refractivity contribution >= 4 is 21.1 Å². The lowest BCUT2D eigenvalue weighted by Crippen LogP contribution is -2.35. The summed E-state index contributed by atoms with van der Waals surface area (Å²) in [6, 6.07) is 8.55. The van der Waals surface area contributed by atoms with Gasteiger partial charge < -0.3 is 9.30 Å². The van der Waals surface area contributed by atoms with Crippen LogP contribution in [0.3, 0.4) is 0 Å². The van der Waals surface area contributed by atoms with Crippen LogP contribution in [0.5, 0.6) is 0 Å². The summed E-state index contributed by atoms with van der Waals surface area (Å²) < 4.78 is 61.1. The molecule has 0 spiro atoms. The number of hydrogen-bond acceptors (Lipinski definition) is 4. The highest BCUT2D eigenvalue weighted by Crippen LogP contribution is 2.26. The van der Waals surface area contributed by atoms with Gasteiger partial charge in [-0.2, -0.15) is 0 Å². The van der Waals surface area contributed by atoms with Gasteiger partial charge in [-0.25, -0.2) is 26.9 Å². The molecule has 4 rings (SSSR count). The predicted molar refractivity (Wildman–Crippen MR) is 90.0 cm³/mol. The van der Waals surface area contributed by atoms with Crippen LogP contribution in [0.2, 0.25) is 0 Å². The molecular weight excluding hydrogens is 364 g/mol. The van der Waals surface area contributed by atoms with Crippen molar-refractivity contribution in [1.82, 2.24) is 14.3 Å². The van der Waals surface area contributed by atoms with E-state index in [1.807, 2.05) is 4.57 Å². The second kappa shape index (κ2) is 6.42. The Morgan fingerprint density at radius 1 is 1.15 bits per heavy atom. The number of ether oxygens (including phenoxy) is 1. The second-order valence-electron chi connectivity index (χ2n) is 6.01. The van der Waals surface area contributed by atoms with Crippen LogP contribution in [0.15, 0.2) is 47.4 Å². The Hall–Kier alpha value is -2.36. The van der Waals surface area contributed by atoms with Crippen LogP contribution in [0.25, 0.3) is 11.0 Å². The molecule has 0 amide bonds. The van der Waals surface area contributed by atoms with E-state index >= 15 is 0 Å². The minimum atomic E-state index is -3.79. The molecule has 0 saturated heterocycles. The number of hydrogen-bond donors (Lipinski definition) is 1. The highest BCUT2D eigenvalue weighted by molar-refractivity contribution is 7.89. The molecule has 136 valence electrons. The molecule has 2 aromatic carbocycles. The van der Waals surface area contributed by atoms with Crippen molar-refractivity contribution in [3.05, 3.63) is 59.9 Å². The Morgan fingerprint density at radius 2 is 1.88 bits per heavy atom. The van der Waals surface area contributed by atoms with E-state index in [1.54, 1.807) is 6.07 Å². The Balaban J connectivity index is 1.61. The van der Waals surface area contributed by atoms with Crippen molar-refractivity contribution < 1.29 is 21.9 Å². The molecule has 26 heavy (non-hydrogen) atoms. The number of aromatic nitrogens is 2. The van der Waals surface area contributed by atoms with Gasteiger partial charge in [0.15, 0.2) is 0 Å². The summed E-state index contributed by atoms with van der Waals surface area (Å²) in [5.74, 6) is -0.281. The van der Waals surface area contributed by atoms with Crippen LogP contribution in [0.4, 0.5) is 8.78 Å². The summed E-state index contributed by atoms with van der Waals surface area (Å²) >= 11 is 0. The molecule has 1 unspecified atom stereocenters. The molecule has 0 saturated carbocycles. The number of nitrogens with one attached hydrogen (secondary N) is 1. The van der Waals surface area contributed by atoms with Crippen molar-refractivity contribution in [2.45, 2.75) is 17.5 Å². The summed E-state index contributed by atoms with van der Waals surface area (Å²) in [7, 11) is -3.79. The zero-order chi connectivity index (χ0) is 18.3. The molecule has 1 aliphatic rings. The van der Waals surface area contributed by atoms with Gasteiger partial charge >= 0.3 is 0 Å². The number of benzene rings is 2. The highest BCUT2D eigenvalue weighted by Gasteiger charge is 2.26. The first-order chi connectivity index (χ1) is 12.4. The first-order valence-corrected chi connectivity index (χ1v) is 9.42. The normalized spacial score (nSPS) is 17.4. The van der Waals surface area contributed by atoms with Crippen molar-refractivity contribution in [3.8, 4) is 0 Å². The fourth-order valence-corrected chi connectivity index (χ4v) is 4.12. The van der Waals surface area contributed by atoms with Crippen LogP contribution >= 0.6 is 0 Å². The Morgan fingerprint density at radius 3 is 2.65 bits per heavy atom. The van der Waals surface area contributed by atoms with E-state index in [-0.39, 0.29) is 29.9 Å². The maximum absolute atomic E-state index is 13.4. The molecule has 0 radical (unpaired) electrons. The smallest absolute Gasteiger partial charge is 0.240 e. The van der Waals surface area contributed by atoms with Crippen molar-refractivity contribution in [2.75, 3.05) is 13.2 Å². The van der Waals surface area contributed by atoms with E-state index in [4.69, 9.17) is 4.74 Å². The van der Waals surface area contributed by atoms with Gasteiger partial charge in [-0.1, -0.05) is 0 Å². The largest absolute Gasteiger partial charge is 0.371 e. The van der Waals surface area contributed by atoms with E-state index < -0.39 is 15.8 Å². The highest BCUT2D eigenvalue weighted by atomic mass is 32.2. The molecule has 9 heteroatoms. The molecular formula is C17H15F2N3O3S. The predicted octanol–water partition coefficient (Wildman–Crippen LogP) is 2.36. The summed E-state index contributed by atoms with van der Waals surface area (Å²) in [5.41, 5.74) is 1.22. The van der Waals surface area contributed by atoms with E-state index in [9.17, 15) is 17.2 Å². The van der Waals surface area contributed by atoms with E-state index in [0.29, 0.717) is 17.9 Å². The standard InChI is InChI=1S/C17H15F2N3O3S/c18-11-1-4-14(5-2-11)26(23,24)20-8-13-9-25-10-17-21-15-7-12(19)3-6-16(15)22(13)17/h1-7,13,20H,8-10H2. The number of halogens is 2. The summed E-state index contributed by atoms with van der Waals surface area (Å²) in [6.07, 6.45) is 0. The third-order valence-corrected chi connectivity index (χ3v) is 5.70. The first-order valence-electron chi connectivity index (χ1n) is 7.93. The van der Waals surface area contributed by atoms with Crippen molar-refractivity contribution in [3.63, 3.8) is 0 Å². The van der Waals surface area contributed by atoms with E-state index in [0.717, 1.165) is 17.6 Å². The lowest BCUT2D eigenvalue weighted by molar-refractivity contribution is 0.0581. The maximum atomic E-state index is 13.4. The minimum absolute atomic E-state index is 0.0200. The topological polar surface area (TPSA) is 73.2 Å². The molecule has 1 N–H and O–H groups in total. The Bertz CT molecular complexity index is 1060. The van der Waals surface area contributed by atoms with Gasteiger partial charge in [-0.15, -0.1) is 0 Å². The van der Waals surface area contributed by atoms with Gasteiger partial charge in [0.25, 0.3) is 0 Å². The number of sulfonamides is 1. The van der Waals surface area contributed by atoms with Gasteiger partial charge in [-0.05, 0) is 36.4 Å². The SMILES string of the molecule is O=S(=O)(NCC1COCc2nc3cc(F)ccc3n21)c1ccc(F)cc1. The number of nitrogens with zero attached hydrogens (tertiary/aromatic N) is 2. The van der Waals surface area contributed by atoms with E-state index in [2.05, 4.69) is 9.71 Å².